The Morgan fingerprint density at radius 3 is 2.89 bits per heavy atom. The number of nitrogens with zero attached hydrogens (tertiary/aromatic N) is 4. The van der Waals surface area contributed by atoms with Crippen LogP contribution in [0, 0.1) is 5.41 Å². The number of nitrogens with one attached hydrogen (secondary N) is 1. The summed E-state index contributed by atoms with van der Waals surface area (Å²) in [5.41, 5.74) is 0.599. The van der Waals surface area contributed by atoms with E-state index in [4.69, 9.17) is 0 Å². The van der Waals surface area contributed by atoms with Crippen molar-refractivity contribution in [2.75, 3.05) is 26.2 Å². The fourth-order valence-corrected chi connectivity index (χ4v) is 3.42. The lowest BCUT2D eigenvalue weighted by molar-refractivity contribution is 0.164. The van der Waals surface area contributed by atoms with Gasteiger partial charge in [-0.2, -0.15) is 5.10 Å². The molecule has 0 saturated carbocycles. The molecule has 2 aliphatic rings. The summed E-state index contributed by atoms with van der Waals surface area (Å²) in [7, 11) is 0. The lowest BCUT2D eigenvalue weighted by Gasteiger charge is -2.35. The van der Waals surface area contributed by atoms with E-state index in [1.807, 2.05) is 11.0 Å². The number of hydrogen-bond acceptors (Lipinski definition) is 4. The molecule has 18 heavy (non-hydrogen) atoms. The summed E-state index contributed by atoms with van der Waals surface area (Å²) >= 11 is 0. The first-order valence-corrected chi connectivity index (χ1v) is 7.05. The molecule has 1 atom stereocenters. The van der Waals surface area contributed by atoms with Crippen molar-refractivity contribution in [3.05, 3.63) is 12.7 Å². The molecule has 0 bridgehead atoms. The van der Waals surface area contributed by atoms with Crippen LogP contribution < -0.4 is 5.32 Å². The molecule has 100 valence electrons. The number of hydrogen-bond donors (Lipinski definition) is 1. The number of likely N-dealkylation sites (tertiary alicyclic amines) is 1. The van der Waals surface area contributed by atoms with Crippen LogP contribution in [0.3, 0.4) is 0 Å². The van der Waals surface area contributed by atoms with Gasteiger partial charge in [-0.3, -0.25) is 9.58 Å². The largest absolute Gasteiger partial charge is 0.317 e. The van der Waals surface area contributed by atoms with Gasteiger partial charge < -0.3 is 5.32 Å². The molecule has 5 heteroatoms. The topological polar surface area (TPSA) is 46.0 Å². The average Bonchev–Trinajstić information content (AvgIpc) is 3.01. The predicted octanol–water partition coefficient (Wildman–Crippen LogP) is 0.742. The predicted molar refractivity (Wildman–Crippen MR) is 70.2 cm³/mol. The van der Waals surface area contributed by atoms with Crippen LogP contribution in [-0.2, 0) is 6.54 Å². The second-order valence-electron chi connectivity index (χ2n) is 5.94. The molecule has 3 rings (SSSR count). The second-order valence-corrected chi connectivity index (χ2v) is 5.94. The van der Waals surface area contributed by atoms with E-state index in [1.165, 1.54) is 45.4 Å². The van der Waals surface area contributed by atoms with Gasteiger partial charge in [-0.05, 0) is 51.2 Å². The average molecular weight is 249 g/mol. The van der Waals surface area contributed by atoms with Gasteiger partial charge in [0.1, 0.15) is 12.7 Å². The first-order valence-electron chi connectivity index (χ1n) is 7.05. The van der Waals surface area contributed by atoms with Gasteiger partial charge in [-0.25, -0.2) is 4.98 Å². The van der Waals surface area contributed by atoms with Crippen LogP contribution in [0.25, 0.3) is 0 Å². The zero-order chi connectivity index (χ0) is 12.4. The zero-order valence-electron chi connectivity index (χ0n) is 11.2. The second kappa shape index (κ2) is 4.97. The van der Waals surface area contributed by atoms with Crippen molar-refractivity contribution < 1.29 is 0 Å². The molecule has 2 aliphatic heterocycles. The molecule has 3 heterocycles. The van der Waals surface area contributed by atoms with E-state index in [1.54, 1.807) is 6.33 Å². The van der Waals surface area contributed by atoms with Crippen molar-refractivity contribution in [2.24, 2.45) is 5.41 Å². The summed E-state index contributed by atoms with van der Waals surface area (Å²) < 4.78 is 1.94. The van der Waals surface area contributed by atoms with Gasteiger partial charge in [0.05, 0.1) is 6.54 Å². The quantitative estimate of drug-likeness (QED) is 0.858. The minimum atomic E-state index is 0.556. The summed E-state index contributed by atoms with van der Waals surface area (Å²) in [6.45, 7) is 8.17. The minimum absolute atomic E-state index is 0.556. The van der Waals surface area contributed by atoms with Crippen molar-refractivity contribution >= 4 is 0 Å². The molecule has 1 aromatic rings. The maximum Gasteiger partial charge on any atom is 0.137 e. The molecule has 5 nitrogen and oxygen atoms in total. The third-order valence-electron chi connectivity index (χ3n) is 4.67. The molecule has 0 aromatic carbocycles. The Morgan fingerprint density at radius 2 is 2.17 bits per heavy atom. The molecule has 0 aliphatic carbocycles. The number of rotatable bonds is 3. The normalized spacial score (nSPS) is 25.6. The van der Waals surface area contributed by atoms with E-state index in [-0.39, 0.29) is 0 Å². The summed E-state index contributed by atoms with van der Waals surface area (Å²) in [6, 6.07) is 0.556. The highest BCUT2D eigenvalue weighted by atomic mass is 15.3. The summed E-state index contributed by atoms with van der Waals surface area (Å²) in [5.74, 6) is 0. The van der Waals surface area contributed by atoms with Gasteiger partial charge in [-0.1, -0.05) is 0 Å². The highest BCUT2D eigenvalue weighted by molar-refractivity contribution is 4.94. The van der Waals surface area contributed by atoms with Crippen LogP contribution in [-0.4, -0.2) is 51.9 Å². The van der Waals surface area contributed by atoms with Crippen LogP contribution in [0.1, 0.15) is 26.2 Å². The number of piperidine rings is 1. The maximum absolute atomic E-state index is 4.20. The highest BCUT2D eigenvalue weighted by Gasteiger charge is 2.40. The lowest BCUT2D eigenvalue weighted by atomic mass is 9.78. The summed E-state index contributed by atoms with van der Waals surface area (Å²) in [5, 5.41) is 7.68. The van der Waals surface area contributed by atoms with Gasteiger partial charge >= 0.3 is 0 Å². The van der Waals surface area contributed by atoms with Crippen molar-refractivity contribution in [3.63, 3.8) is 0 Å². The van der Waals surface area contributed by atoms with Crippen LogP contribution in [0.4, 0.5) is 0 Å². The molecule has 1 N–H and O–H groups in total. The van der Waals surface area contributed by atoms with E-state index < -0.39 is 0 Å². The van der Waals surface area contributed by atoms with E-state index in [0.29, 0.717) is 11.5 Å². The molecule has 2 fully saturated rings. The van der Waals surface area contributed by atoms with E-state index in [0.717, 1.165) is 6.54 Å². The lowest BCUT2D eigenvalue weighted by Crippen LogP contribution is -2.41. The molecule has 0 radical (unpaired) electrons. The Bertz CT molecular complexity index is 369. The third kappa shape index (κ3) is 2.42. The first kappa shape index (κ1) is 12.1. The van der Waals surface area contributed by atoms with Crippen LogP contribution in [0.2, 0.25) is 0 Å². The van der Waals surface area contributed by atoms with Gasteiger partial charge in [-0.15, -0.1) is 0 Å². The van der Waals surface area contributed by atoms with Crippen LogP contribution in [0.5, 0.6) is 0 Å². The fraction of sp³-hybridized carbons (Fsp3) is 0.846. The minimum Gasteiger partial charge on any atom is -0.317 e. The standard InChI is InChI=1S/C13H23N5/c1-12(8-18-11-15-10-16-18)17-7-4-13(9-17)2-5-14-6-3-13/h10-12,14H,2-9H2,1H3/t12-/m1/s1. The molecule has 0 unspecified atom stereocenters. The Morgan fingerprint density at radius 1 is 1.33 bits per heavy atom. The Kier molecular flexibility index (Phi) is 3.35. The Labute approximate surface area is 109 Å². The van der Waals surface area contributed by atoms with E-state index in [9.17, 15) is 0 Å². The van der Waals surface area contributed by atoms with Gasteiger partial charge in [0.15, 0.2) is 0 Å². The molecule has 0 amide bonds. The first-order chi connectivity index (χ1) is 8.77. The van der Waals surface area contributed by atoms with Gasteiger partial charge in [0.2, 0.25) is 0 Å². The molecule has 1 spiro atoms. The number of aromatic nitrogens is 3. The van der Waals surface area contributed by atoms with Crippen LogP contribution in [0.15, 0.2) is 12.7 Å². The van der Waals surface area contributed by atoms with Crippen molar-refractivity contribution in [1.82, 2.24) is 25.0 Å². The Hall–Kier alpha value is -0.940. The van der Waals surface area contributed by atoms with E-state index >= 15 is 0 Å². The smallest absolute Gasteiger partial charge is 0.137 e. The van der Waals surface area contributed by atoms with Crippen molar-refractivity contribution in [3.8, 4) is 0 Å². The summed E-state index contributed by atoms with van der Waals surface area (Å²) in [6.07, 6.45) is 7.49. The molecular weight excluding hydrogens is 226 g/mol. The van der Waals surface area contributed by atoms with Crippen molar-refractivity contribution in [2.45, 2.75) is 38.8 Å². The summed E-state index contributed by atoms with van der Waals surface area (Å²) in [4.78, 5) is 6.64. The molecular formula is C13H23N5. The van der Waals surface area contributed by atoms with Crippen molar-refractivity contribution in [1.29, 1.82) is 0 Å². The van der Waals surface area contributed by atoms with Gasteiger partial charge in [0, 0.05) is 12.6 Å². The fourth-order valence-electron chi connectivity index (χ4n) is 3.42. The monoisotopic (exact) mass is 249 g/mol. The maximum atomic E-state index is 4.20. The highest BCUT2D eigenvalue weighted by Crippen LogP contribution is 2.39. The zero-order valence-corrected chi connectivity index (χ0v) is 11.2. The van der Waals surface area contributed by atoms with E-state index in [2.05, 4.69) is 27.2 Å². The van der Waals surface area contributed by atoms with Gasteiger partial charge in [0.25, 0.3) is 0 Å². The molecule has 1 aromatic heterocycles. The Balaban J connectivity index is 1.57. The third-order valence-corrected chi connectivity index (χ3v) is 4.67. The SMILES string of the molecule is C[C@H](Cn1cncn1)N1CCC2(CCNCC2)C1. The van der Waals surface area contributed by atoms with Crippen LogP contribution >= 0.6 is 0 Å². The molecule has 2 saturated heterocycles.